The SMILES string of the molecule is CCn1nc(CC(O)COC(C)C)c2ccccc21. The lowest BCUT2D eigenvalue weighted by Gasteiger charge is -2.12. The Hall–Kier alpha value is -1.39. The smallest absolute Gasteiger partial charge is 0.0830 e. The van der Waals surface area contributed by atoms with Gasteiger partial charge in [-0.2, -0.15) is 5.10 Å². The molecule has 0 radical (unpaired) electrons. The van der Waals surface area contributed by atoms with Crippen LogP contribution in [0.2, 0.25) is 0 Å². The first-order valence-corrected chi connectivity index (χ1v) is 6.86. The lowest BCUT2D eigenvalue weighted by atomic mass is 10.1. The molecule has 4 heteroatoms. The Morgan fingerprint density at radius 2 is 2.05 bits per heavy atom. The first-order chi connectivity index (χ1) is 9.11. The van der Waals surface area contributed by atoms with Crippen LogP contribution in [0.5, 0.6) is 0 Å². The summed E-state index contributed by atoms with van der Waals surface area (Å²) in [5.74, 6) is 0. The Kier molecular flexibility index (Phi) is 4.56. The number of rotatable bonds is 6. The summed E-state index contributed by atoms with van der Waals surface area (Å²) in [5.41, 5.74) is 2.06. The number of nitrogens with zero attached hydrogens (tertiary/aromatic N) is 2. The van der Waals surface area contributed by atoms with E-state index in [4.69, 9.17) is 4.74 Å². The molecule has 104 valence electrons. The molecule has 19 heavy (non-hydrogen) atoms. The van der Waals surface area contributed by atoms with Gasteiger partial charge in [-0.25, -0.2) is 0 Å². The van der Waals surface area contributed by atoms with Gasteiger partial charge in [0, 0.05) is 18.4 Å². The summed E-state index contributed by atoms with van der Waals surface area (Å²) < 4.78 is 7.41. The van der Waals surface area contributed by atoms with Crippen LogP contribution in [0, 0.1) is 0 Å². The third-order valence-electron chi connectivity index (χ3n) is 3.08. The van der Waals surface area contributed by atoms with Gasteiger partial charge < -0.3 is 9.84 Å². The molecule has 1 atom stereocenters. The van der Waals surface area contributed by atoms with Crippen molar-refractivity contribution in [3.8, 4) is 0 Å². The molecule has 2 aromatic rings. The molecule has 1 heterocycles. The number of aromatic nitrogens is 2. The number of hydrogen-bond acceptors (Lipinski definition) is 3. The summed E-state index contributed by atoms with van der Waals surface area (Å²) in [5, 5.41) is 15.7. The van der Waals surface area contributed by atoms with Crippen LogP contribution in [0.3, 0.4) is 0 Å². The Balaban J connectivity index is 2.16. The fourth-order valence-corrected chi connectivity index (χ4v) is 2.17. The van der Waals surface area contributed by atoms with Crippen LogP contribution in [0.15, 0.2) is 24.3 Å². The summed E-state index contributed by atoms with van der Waals surface area (Å²) in [6.07, 6.45) is 0.158. The predicted molar refractivity (Wildman–Crippen MR) is 76.2 cm³/mol. The Morgan fingerprint density at radius 1 is 1.32 bits per heavy atom. The normalized spacial score (nSPS) is 13.3. The molecule has 1 aromatic heterocycles. The number of aliphatic hydroxyl groups is 1. The fourth-order valence-electron chi connectivity index (χ4n) is 2.17. The summed E-state index contributed by atoms with van der Waals surface area (Å²) in [7, 11) is 0. The minimum absolute atomic E-state index is 0.139. The zero-order valence-electron chi connectivity index (χ0n) is 11.8. The van der Waals surface area contributed by atoms with E-state index in [1.807, 2.05) is 30.7 Å². The molecule has 2 rings (SSSR count). The monoisotopic (exact) mass is 262 g/mol. The second-order valence-electron chi connectivity index (χ2n) is 5.02. The second-order valence-corrected chi connectivity index (χ2v) is 5.02. The Labute approximate surface area is 114 Å². The van der Waals surface area contributed by atoms with Crippen molar-refractivity contribution in [2.45, 2.75) is 45.9 Å². The van der Waals surface area contributed by atoms with E-state index in [2.05, 4.69) is 24.2 Å². The van der Waals surface area contributed by atoms with Crippen molar-refractivity contribution in [3.05, 3.63) is 30.0 Å². The number of hydrogen-bond donors (Lipinski definition) is 1. The van der Waals surface area contributed by atoms with Crippen LogP contribution in [-0.4, -0.2) is 33.7 Å². The topological polar surface area (TPSA) is 47.3 Å². The highest BCUT2D eigenvalue weighted by molar-refractivity contribution is 5.81. The number of aliphatic hydroxyl groups excluding tert-OH is 1. The summed E-state index contributed by atoms with van der Waals surface area (Å²) in [6.45, 7) is 7.19. The molecule has 0 amide bonds. The Morgan fingerprint density at radius 3 is 2.74 bits per heavy atom. The lowest BCUT2D eigenvalue weighted by molar-refractivity contribution is 0.00593. The van der Waals surface area contributed by atoms with Crippen molar-refractivity contribution in [1.82, 2.24) is 9.78 Å². The number of ether oxygens (including phenoxy) is 1. The van der Waals surface area contributed by atoms with Gasteiger partial charge >= 0.3 is 0 Å². The molecular weight excluding hydrogens is 240 g/mol. The highest BCUT2D eigenvalue weighted by Crippen LogP contribution is 2.19. The molecule has 0 spiro atoms. The number of aryl methyl sites for hydroxylation is 1. The van der Waals surface area contributed by atoms with Crippen LogP contribution in [-0.2, 0) is 17.7 Å². The minimum atomic E-state index is -0.508. The molecule has 4 nitrogen and oxygen atoms in total. The zero-order chi connectivity index (χ0) is 13.8. The van der Waals surface area contributed by atoms with Crippen molar-refractivity contribution < 1.29 is 9.84 Å². The van der Waals surface area contributed by atoms with Crippen molar-refractivity contribution in [1.29, 1.82) is 0 Å². The van der Waals surface area contributed by atoms with Crippen LogP contribution >= 0.6 is 0 Å². The van der Waals surface area contributed by atoms with Gasteiger partial charge in [-0.15, -0.1) is 0 Å². The van der Waals surface area contributed by atoms with Gasteiger partial charge in [-0.3, -0.25) is 4.68 Å². The second kappa shape index (κ2) is 6.17. The van der Waals surface area contributed by atoms with E-state index < -0.39 is 6.10 Å². The molecule has 0 fully saturated rings. The standard InChI is InChI=1S/C15H22N2O2/c1-4-17-15-8-6-5-7-13(15)14(16-17)9-12(18)10-19-11(2)3/h5-8,11-12,18H,4,9-10H2,1-3H3. The van der Waals surface area contributed by atoms with E-state index >= 15 is 0 Å². The molecule has 0 aliphatic rings. The van der Waals surface area contributed by atoms with Crippen molar-refractivity contribution in [3.63, 3.8) is 0 Å². The molecule has 0 bridgehead atoms. The molecule has 1 N–H and O–H groups in total. The molecule has 0 saturated carbocycles. The van der Waals surface area contributed by atoms with Crippen molar-refractivity contribution in [2.24, 2.45) is 0 Å². The lowest BCUT2D eigenvalue weighted by Crippen LogP contribution is -2.21. The van der Waals surface area contributed by atoms with Gasteiger partial charge in [0.25, 0.3) is 0 Å². The number of para-hydroxylation sites is 1. The van der Waals surface area contributed by atoms with Gasteiger partial charge in [-0.1, -0.05) is 18.2 Å². The van der Waals surface area contributed by atoms with Crippen LogP contribution in [0.25, 0.3) is 10.9 Å². The molecule has 0 saturated heterocycles. The molecule has 0 aliphatic carbocycles. The van der Waals surface area contributed by atoms with E-state index in [0.29, 0.717) is 13.0 Å². The van der Waals surface area contributed by atoms with Gasteiger partial charge in [-0.05, 0) is 26.8 Å². The zero-order valence-corrected chi connectivity index (χ0v) is 11.8. The minimum Gasteiger partial charge on any atom is -0.390 e. The van der Waals surface area contributed by atoms with Gasteiger partial charge in [0.15, 0.2) is 0 Å². The summed E-state index contributed by atoms with van der Waals surface area (Å²) >= 11 is 0. The highest BCUT2D eigenvalue weighted by Gasteiger charge is 2.14. The van der Waals surface area contributed by atoms with E-state index in [9.17, 15) is 5.11 Å². The maximum absolute atomic E-state index is 10.0. The number of fused-ring (bicyclic) bond motifs is 1. The van der Waals surface area contributed by atoms with Crippen LogP contribution in [0.4, 0.5) is 0 Å². The van der Waals surface area contributed by atoms with Gasteiger partial charge in [0.2, 0.25) is 0 Å². The van der Waals surface area contributed by atoms with E-state index in [1.54, 1.807) is 0 Å². The average Bonchev–Trinajstić information content (AvgIpc) is 2.75. The summed E-state index contributed by atoms with van der Waals surface area (Å²) in [6, 6.07) is 8.13. The molecular formula is C15H22N2O2. The maximum atomic E-state index is 10.0. The first-order valence-electron chi connectivity index (χ1n) is 6.86. The molecule has 0 aliphatic heterocycles. The average molecular weight is 262 g/mol. The van der Waals surface area contributed by atoms with Gasteiger partial charge in [0.1, 0.15) is 0 Å². The van der Waals surface area contributed by atoms with Crippen LogP contribution < -0.4 is 0 Å². The summed E-state index contributed by atoms with van der Waals surface area (Å²) in [4.78, 5) is 0. The quantitative estimate of drug-likeness (QED) is 0.869. The van der Waals surface area contributed by atoms with Crippen LogP contribution in [0.1, 0.15) is 26.5 Å². The first kappa shape index (κ1) is 14.0. The van der Waals surface area contributed by atoms with Crippen molar-refractivity contribution in [2.75, 3.05) is 6.61 Å². The highest BCUT2D eigenvalue weighted by atomic mass is 16.5. The molecule has 1 aromatic carbocycles. The third kappa shape index (κ3) is 3.33. The molecule has 1 unspecified atom stereocenters. The number of benzene rings is 1. The maximum Gasteiger partial charge on any atom is 0.0830 e. The van der Waals surface area contributed by atoms with E-state index in [0.717, 1.165) is 23.1 Å². The largest absolute Gasteiger partial charge is 0.390 e. The third-order valence-corrected chi connectivity index (χ3v) is 3.08. The van der Waals surface area contributed by atoms with Gasteiger partial charge in [0.05, 0.1) is 30.0 Å². The van der Waals surface area contributed by atoms with Crippen molar-refractivity contribution >= 4 is 10.9 Å². The van der Waals surface area contributed by atoms with E-state index in [1.165, 1.54) is 0 Å². The van der Waals surface area contributed by atoms with E-state index in [-0.39, 0.29) is 6.10 Å². The predicted octanol–water partition coefficient (Wildman–Crippen LogP) is 2.38. The fraction of sp³-hybridized carbons (Fsp3) is 0.533. The Bertz CT molecular complexity index is 534.